The van der Waals surface area contributed by atoms with Gasteiger partial charge in [0.1, 0.15) is 11.9 Å². The average Bonchev–Trinajstić information content (AvgIpc) is 2.38. The second-order valence-corrected chi connectivity index (χ2v) is 4.63. The van der Waals surface area contributed by atoms with E-state index in [1.54, 1.807) is 0 Å². The van der Waals surface area contributed by atoms with Crippen LogP contribution in [-0.2, 0) is 6.18 Å². The van der Waals surface area contributed by atoms with Gasteiger partial charge in [-0.1, -0.05) is 0 Å². The molecule has 0 unspecified atom stereocenters. The zero-order valence-electron chi connectivity index (χ0n) is 10.6. The molecule has 1 fully saturated rings. The molecule has 0 radical (unpaired) electrons. The van der Waals surface area contributed by atoms with E-state index in [2.05, 4.69) is 0 Å². The van der Waals surface area contributed by atoms with Crippen molar-refractivity contribution < 1.29 is 27.8 Å². The minimum absolute atomic E-state index is 0.232. The van der Waals surface area contributed by atoms with E-state index in [9.17, 15) is 18.0 Å². The smallest absolute Gasteiger partial charge is 0.416 e. The zero-order chi connectivity index (χ0) is 14.8. The lowest BCUT2D eigenvalue weighted by molar-refractivity contribution is -0.137. The van der Waals surface area contributed by atoms with Gasteiger partial charge in [-0.3, -0.25) is 0 Å². The molecule has 7 heteroatoms. The lowest BCUT2D eigenvalue weighted by Crippen LogP contribution is -2.43. The fraction of sp³-hybridized carbons (Fsp3) is 0.462. The van der Waals surface area contributed by atoms with Crippen LogP contribution >= 0.6 is 0 Å². The highest BCUT2D eigenvalue weighted by Crippen LogP contribution is 2.30. The number of hydrogen-bond acceptors (Lipinski definition) is 2. The van der Waals surface area contributed by atoms with Crippen molar-refractivity contribution >= 4 is 6.09 Å². The monoisotopic (exact) mass is 289 g/mol. The van der Waals surface area contributed by atoms with Crippen molar-refractivity contribution in [3.05, 3.63) is 29.8 Å². The summed E-state index contributed by atoms with van der Waals surface area (Å²) >= 11 is 0. The predicted octanol–water partition coefficient (Wildman–Crippen LogP) is 3.23. The molecule has 1 heterocycles. The molecule has 0 aliphatic carbocycles. The van der Waals surface area contributed by atoms with Gasteiger partial charge in [-0.25, -0.2) is 4.79 Å². The summed E-state index contributed by atoms with van der Waals surface area (Å²) in [6.45, 7) is 0.693. The van der Waals surface area contributed by atoms with Crippen molar-refractivity contribution in [1.82, 2.24) is 4.90 Å². The maximum atomic E-state index is 12.4. The number of rotatable bonds is 2. The second kappa shape index (κ2) is 5.60. The molecule has 1 aromatic carbocycles. The van der Waals surface area contributed by atoms with E-state index in [4.69, 9.17) is 9.84 Å². The zero-order valence-corrected chi connectivity index (χ0v) is 10.6. The summed E-state index contributed by atoms with van der Waals surface area (Å²) in [6.07, 6.45) is -4.34. The van der Waals surface area contributed by atoms with Crippen molar-refractivity contribution in [2.24, 2.45) is 0 Å². The quantitative estimate of drug-likeness (QED) is 0.909. The third-order valence-corrected chi connectivity index (χ3v) is 3.13. The highest BCUT2D eigenvalue weighted by molar-refractivity contribution is 5.65. The van der Waals surface area contributed by atoms with E-state index in [-0.39, 0.29) is 12.6 Å². The lowest BCUT2D eigenvalue weighted by Gasteiger charge is -2.31. The van der Waals surface area contributed by atoms with Crippen LogP contribution in [0.5, 0.6) is 5.75 Å². The first kappa shape index (κ1) is 14.5. The summed E-state index contributed by atoms with van der Waals surface area (Å²) in [7, 11) is 0. The van der Waals surface area contributed by atoms with E-state index < -0.39 is 17.8 Å². The molecule has 1 atom stereocenters. The number of halogens is 3. The van der Waals surface area contributed by atoms with Crippen molar-refractivity contribution in [1.29, 1.82) is 0 Å². The summed E-state index contributed by atoms with van der Waals surface area (Å²) in [5.74, 6) is 0.315. The summed E-state index contributed by atoms with van der Waals surface area (Å²) in [5.41, 5.74) is -0.736. The Morgan fingerprint density at radius 3 is 2.50 bits per heavy atom. The van der Waals surface area contributed by atoms with Crippen LogP contribution in [0.3, 0.4) is 0 Å². The molecule has 1 aliphatic heterocycles. The number of carboxylic acid groups (broad SMARTS) is 1. The van der Waals surface area contributed by atoms with Gasteiger partial charge >= 0.3 is 12.3 Å². The molecule has 20 heavy (non-hydrogen) atoms. The number of carbonyl (C=O) groups is 1. The fourth-order valence-corrected chi connectivity index (χ4v) is 2.12. The highest BCUT2D eigenvalue weighted by Gasteiger charge is 2.30. The number of alkyl halides is 3. The summed E-state index contributed by atoms with van der Waals surface area (Å²) in [6, 6.07) is 4.41. The van der Waals surface area contributed by atoms with Gasteiger partial charge in [0, 0.05) is 6.54 Å². The Bertz CT molecular complexity index is 473. The van der Waals surface area contributed by atoms with E-state index >= 15 is 0 Å². The maximum Gasteiger partial charge on any atom is 0.416 e. The first-order chi connectivity index (χ1) is 9.36. The summed E-state index contributed by atoms with van der Waals surface area (Å²) in [5, 5.41) is 8.89. The Kier molecular flexibility index (Phi) is 4.06. The Balaban J connectivity index is 1.98. The molecule has 1 amide bonds. The van der Waals surface area contributed by atoms with Gasteiger partial charge in [0.15, 0.2) is 0 Å². The van der Waals surface area contributed by atoms with E-state index in [1.165, 1.54) is 17.0 Å². The largest absolute Gasteiger partial charge is 0.489 e. The van der Waals surface area contributed by atoms with Gasteiger partial charge in [0.2, 0.25) is 0 Å². The molecule has 1 aliphatic rings. The van der Waals surface area contributed by atoms with Gasteiger partial charge in [0.25, 0.3) is 0 Å². The number of hydrogen-bond donors (Lipinski definition) is 1. The molecule has 0 aromatic heterocycles. The number of benzene rings is 1. The molecule has 110 valence electrons. The molecule has 1 N–H and O–H groups in total. The Labute approximate surface area is 113 Å². The molecular weight excluding hydrogens is 275 g/mol. The van der Waals surface area contributed by atoms with E-state index in [1.807, 2.05) is 0 Å². The molecule has 0 spiro atoms. The van der Waals surface area contributed by atoms with E-state index in [0.717, 1.165) is 12.1 Å². The minimum atomic E-state index is -4.37. The Hall–Kier alpha value is -1.92. The van der Waals surface area contributed by atoms with Crippen LogP contribution in [0.1, 0.15) is 18.4 Å². The number of piperidine rings is 1. The van der Waals surface area contributed by atoms with Gasteiger partial charge < -0.3 is 14.7 Å². The fourth-order valence-electron chi connectivity index (χ4n) is 2.12. The Morgan fingerprint density at radius 1 is 1.30 bits per heavy atom. The predicted molar refractivity (Wildman–Crippen MR) is 64.7 cm³/mol. The Morgan fingerprint density at radius 2 is 1.95 bits per heavy atom. The van der Waals surface area contributed by atoms with Crippen LogP contribution in [0.15, 0.2) is 24.3 Å². The topological polar surface area (TPSA) is 49.8 Å². The van der Waals surface area contributed by atoms with Crippen LogP contribution in [0.2, 0.25) is 0 Å². The summed E-state index contributed by atoms with van der Waals surface area (Å²) < 4.78 is 42.7. The van der Waals surface area contributed by atoms with Gasteiger partial charge in [-0.05, 0) is 37.1 Å². The molecule has 0 bridgehead atoms. The average molecular weight is 289 g/mol. The molecule has 1 saturated heterocycles. The molecule has 1 aromatic rings. The van der Waals surface area contributed by atoms with Crippen LogP contribution in [0.4, 0.5) is 18.0 Å². The van der Waals surface area contributed by atoms with E-state index in [0.29, 0.717) is 25.1 Å². The van der Waals surface area contributed by atoms with Crippen LogP contribution in [0, 0.1) is 0 Å². The second-order valence-electron chi connectivity index (χ2n) is 4.63. The van der Waals surface area contributed by atoms with Crippen LogP contribution in [0.25, 0.3) is 0 Å². The molecule has 2 rings (SSSR count). The number of likely N-dealkylation sites (tertiary alicyclic amines) is 1. The van der Waals surface area contributed by atoms with Crippen molar-refractivity contribution in [2.75, 3.05) is 13.1 Å². The molecular formula is C13H14F3NO3. The lowest BCUT2D eigenvalue weighted by atomic mass is 10.1. The normalized spacial score (nSPS) is 19.8. The number of amides is 1. The highest BCUT2D eigenvalue weighted by atomic mass is 19.4. The van der Waals surface area contributed by atoms with Crippen molar-refractivity contribution in [3.63, 3.8) is 0 Å². The maximum absolute atomic E-state index is 12.4. The van der Waals surface area contributed by atoms with Crippen molar-refractivity contribution in [2.45, 2.75) is 25.1 Å². The minimum Gasteiger partial charge on any atom is -0.489 e. The van der Waals surface area contributed by atoms with Crippen LogP contribution in [-0.4, -0.2) is 35.3 Å². The van der Waals surface area contributed by atoms with Crippen LogP contribution < -0.4 is 4.74 Å². The first-order valence-electron chi connectivity index (χ1n) is 6.18. The summed E-state index contributed by atoms with van der Waals surface area (Å²) in [4.78, 5) is 12.1. The molecule has 4 nitrogen and oxygen atoms in total. The third-order valence-electron chi connectivity index (χ3n) is 3.13. The van der Waals surface area contributed by atoms with Gasteiger partial charge in [-0.2, -0.15) is 13.2 Å². The number of ether oxygens (including phenoxy) is 1. The molecule has 0 saturated carbocycles. The van der Waals surface area contributed by atoms with Gasteiger partial charge in [-0.15, -0.1) is 0 Å². The van der Waals surface area contributed by atoms with Crippen molar-refractivity contribution in [3.8, 4) is 5.75 Å². The third kappa shape index (κ3) is 3.55. The number of nitrogens with zero attached hydrogens (tertiary/aromatic N) is 1. The first-order valence-corrected chi connectivity index (χ1v) is 6.18. The van der Waals surface area contributed by atoms with Gasteiger partial charge in [0.05, 0.1) is 12.1 Å². The SMILES string of the molecule is O=C(O)N1CCC[C@@H](Oc2ccc(C(F)(F)F)cc2)C1. The standard InChI is InChI=1S/C13H14F3NO3/c14-13(15,16)9-3-5-10(6-4-9)20-11-2-1-7-17(8-11)12(18)19/h3-6,11H,1-2,7-8H2,(H,18,19)/t11-/m1/s1.